The van der Waals surface area contributed by atoms with Crippen LogP contribution >= 0.6 is 0 Å². The summed E-state index contributed by atoms with van der Waals surface area (Å²) in [6.45, 7) is 6.11. The number of rotatable bonds is 6. The number of hydrogen-bond donors (Lipinski definition) is 0. The second kappa shape index (κ2) is 6.93. The zero-order valence-electron chi connectivity index (χ0n) is 10.8. The molecular formula is C14H20N2O. The Hall–Kier alpha value is -1.53. The molecule has 3 nitrogen and oxygen atoms in total. The van der Waals surface area contributed by atoms with Crippen molar-refractivity contribution in [2.75, 3.05) is 20.2 Å². The van der Waals surface area contributed by atoms with Crippen molar-refractivity contribution in [1.82, 2.24) is 4.90 Å². The molecule has 0 N–H and O–H groups in total. The van der Waals surface area contributed by atoms with Crippen LogP contribution in [-0.4, -0.2) is 31.1 Å². The van der Waals surface area contributed by atoms with Crippen molar-refractivity contribution in [3.63, 3.8) is 0 Å². The summed E-state index contributed by atoms with van der Waals surface area (Å²) in [6.07, 6.45) is 1.01. The Morgan fingerprint density at radius 2 is 1.94 bits per heavy atom. The quantitative estimate of drug-likeness (QED) is 0.707. The molecule has 0 saturated heterocycles. The predicted octanol–water partition coefficient (Wildman–Crippen LogP) is 2.67. The molecule has 0 atom stereocenters. The van der Waals surface area contributed by atoms with Crippen molar-refractivity contribution in [1.29, 1.82) is 5.26 Å². The van der Waals surface area contributed by atoms with Crippen LogP contribution in [0.25, 0.3) is 0 Å². The van der Waals surface area contributed by atoms with Crippen LogP contribution in [0, 0.1) is 11.3 Å². The van der Waals surface area contributed by atoms with Gasteiger partial charge >= 0.3 is 0 Å². The lowest BCUT2D eigenvalue weighted by Gasteiger charge is -2.20. The topological polar surface area (TPSA) is 36.3 Å². The SMILES string of the molecule is CC(C)N(C)CCCOc1ccc(C#N)cc1. The molecule has 0 heterocycles. The molecule has 1 aromatic carbocycles. The molecular weight excluding hydrogens is 212 g/mol. The third kappa shape index (κ3) is 4.88. The Morgan fingerprint density at radius 3 is 2.47 bits per heavy atom. The first kappa shape index (κ1) is 13.5. The summed E-state index contributed by atoms with van der Waals surface area (Å²) in [4.78, 5) is 2.29. The Balaban J connectivity index is 2.24. The minimum Gasteiger partial charge on any atom is -0.494 e. The molecule has 0 fully saturated rings. The van der Waals surface area contributed by atoms with E-state index in [0.29, 0.717) is 18.2 Å². The van der Waals surface area contributed by atoms with E-state index < -0.39 is 0 Å². The Kier molecular flexibility index (Phi) is 5.51. The van der Waals surface area contributed by atoms with Gasteiger partial charge in [-0.05, 0) is 51.6 Å². The molecule has 92 valence electrons. The zero-order chi connectivity index (χ0) is 12.7. The lowest BCUT2D eigenvalue weighted by molar-refractivity contribution is 0.234. The number of ether oxygens (including phenoxy) is 1. The normalized spacial score (nSPS) is 10.6. The van der Waals surface area contributed by atoms with Crippen LogP contribution in [0.2, 0.25) is 0 Å². The summed E-state index contributed by atoms with van der Waals surface area (Å²) in [5.74, 6) is 0.830. The van der Waals surface area contributed by atoms with Gasteiger partial charge in [0.25, 0.3) is 0 Å². The van der Waals surface area contributed by atoms with Crippen LogP contribution in [0.3, 0.4) is 0 Å². The summed E-state index contributed by atoms with van der Waals surface area (Å²) in [5, 5.41) is 8.66. The molecule has 0 unspecified atom stereocenters. The minimum absolute atomic E-state index is 0.574. The minimum atomic E-state index is 0.574. The third-order valence-electron chi connectivity index (χ3n) is 2.79. The molecule has 0 radical (unpaired) electrons. The first-order chi connectivity index (χ1) is 8.13. The fourth-order valence-corrected chi connectivity index (χ4v) is 1.39. The van der Waals surface area contributed by atoms with Crippen LogP contribution in [0.1, 0.15) is 25.8 Å². The average Bonchev–Trinajstić information content (AvgIpc) is 2.35. The number of nitrogens with zero attached hydrogens (tertiary/aromatic N) is 2. The molecule has 0 amide bonds. The van der Waals surface area contributed by atoms with Gasteiger partial charge < -0.3 is 9.64 Å². The maximum absolute atomic E-state index is 8.66. The number of nitriles is 1. The molecule has 0 aliphatic heterocycles. The van der Waals surface area contributed by atoms with Gasteiger partial charge in [-0.3, -0.25) is 0 Å². The van der Waals surface area contributed by atoms with Crippen molar-refractivity contribution < 1.29 is 4.74 Å². The average molecular weight is 232 g/mol. The van der Waals surface area contributed by atoms with E-state index in [9.17, 15) is 0 Å². The molecule has 0 spiro atoms. The Labute approximate surface area is 104 Å². The summed E-state index contributed by atoms with van der Waals surface area (Å²) in [6, 6.07) is 9.88. The lowest BCUT2D eigenvalue weighted by Crippen LogP contribution is -2.28. The molecule has 17 heavy (non-hydrogen) atoms. The van der Waals surface area contributed by atoms with Gasteiger partial charge in [0.05, 0.1) is 18.2 Å². The second-order valence-corrected chi connectivity index (χ2v) is 4.41. The summed E-state index contributed by atoms with van der Waals surface area (Å²) in [7, 11) is 2.12. The fraction of sp³-hybridized carbons (Fsp3) is 0.500. The van der Waals surface area contributed by atoms with Crippen molar-refractivity contribution in [2.45, 2.75) is 26.3 Å². The molecule has 0 aliphatic carbocycles. The smallest absolute Gasteiger partial charge is 0.119 e. The molecule has 1 rings (SSSR count). The van der Waals surface area contributed by atoms with Gasteiger partial charge in [0.15, 0.2) is 0 Å². The molecule has 0 bridgehead atoms. The standard InChI is InChI=1S/C14H20N2O/c1-12(2)16(3)9-4-10-17-14-7-5-13(11-15)6-8-14/h5-8,12H,4,9-10H2,1-3H3. The second-order valence-electron chi connectivity index (χ2n) is 4.41. The van der Waals surface area contributed by atoms with Gasteiger partial charge in [0.1, 0.15) is 5.75 Å². The van der Waals surface area contributed by atoms with Crippen LogP contribution in [0.5, 0.6) is 5.75 Å². The van der Waals surface area contributed by atoms with Crippen LogP contribution < -0.4 is 4.74 Å². The molecule has 0 aliphatic rings. The molecule has 0 aromatic heterocycles. The highest BCUT2D eigenvalue weighted by Crippen LogP contribution is 2.11. The van der Waals surface area contributed by atoms with Gasteiger partial charge in [-0.1, -0.05) is 0 Å². The highest BCUT2D eigenvalue weighted by atomic mass is 16.5. The van der Waals surface area contributed by atoms with E-state index in [2.05, 4.69) is 31.9 Å². The maximum Gasteiger partial charge on any atom is 0.119 e. The van der Waals surface area contributed by atoms with Crippen LogP contribution in [-0.2, 0) is 0 Å². The van der Waals surface area contributed by atoms with Gasteiger partial charge in [0.2, 0.25) is 0 Å². The third-order valence-corrected chi connectivity index (χ3v) is 2.79. The van der Waals surface area contributed by atoms with Crippen LogP contribution in [0.4, 0.5) is 0 Å². The van der Waals surface area contributed by atoms with E-state index >= 15 is 0 Å². The highest BCUT2D eigenvalue weighted by molar-refractivity contribution is 5.34. The number of hydrogen-bond acceptors (Lipinski definition) is 3. The van der Waals surface area contributed by atoms with Gasteiger partial charge in [-0.2, -0.15) is 5.26 Å². The van der Waals surface area contributed by atoms with E-state index in [1.807, 2.05) is 12.1 Å². The maximum atomic E-state index is 8.66. The highest BCUT2D eigenvalue weighted by Gasteiger charge is 2.02. The monoisotopic (exact) mass is 232 g/mol. The molecule has 0 saturated carbocycles. The predicted molar refractivity (Wildman–Crippen MR) is 69.0 cm³/mol. The van der Waals surface area contributed by atoms with E-state index in [1.54, 1.807) is 12.1 Å². The summed E-state index contributed by atoms with van der Waals surface area (Å²) < 4.78 is 5.60. The summed E-state index contributed by atoms with van der Waals surface area (Å²) in [5.41, 5.74) is 0.664. The van der Waals surface area contributed by atoms with Crippen molar-refractivity contribution in [3.8, 4) is 11.8 Å². The van der Waals surface area contributed by atoms with E-state index in [4.69, 9.17) is 10.00 Å². The van der Waals surface area contributed by atoms with Gasteiger partial charge in [-0.15, -0.1) is 0 Å². The van der Waals surface area contributed by atoms with E-state index in [-0.39, 0.29) is 0 Å². The fourth-order valence-electron chi connectivity index (χ4n) is 1.39. The van der Waals surface area contributed by atoms with Crippen molar-refractivity contribution >= 4 is 0 Å². The van der Waals surface area contributed by atoms with E-state index in [1.165, 1.54) is 0 Å². The van der Waals surface area contributed by atoms with E-state index in [0.717, 1.165) is 18.7 Å². The molecule has 1 aromatic rings. The van der Waals surface area contributed by atoms with Gasteiger partial charge in [0, 0.05) is 12.6 Å². The first-order valence-corrected chi connectivity index (χ1v) is 5.96. The van der Waals surface area contributed by atoms with Crippen LogP contribution in [0.15, 0.2) is 24.3 Å². The summed E-state index contributed by atoms with van der Waals surface area (Å²) >= 11 is 0. The number of benzene rings is 1. The van der Waals surface area contributed by atoms with Crippen molar-refractivity contribution in [3.05, 3.63) is 29.8 Å². The largest absolute Gasteiger partial charge is 0.494 e. The van der Waals surface area contributed by atoms with Crippen molar-refractivity contribution in [2.24, 2.45) is 0 Å². The zero-order valence-corrected chi connectivity index (χ0v) is 10.8. The lowest BCUT2D eigenvalue weighted by atomic mass is 10.2. The van der Waals surface area contributed by atoms with Gasteiger partial charge in [-0.25, -0.2) is 0 Å². The molecule has 3 heteroatoms. The Bertz CT molecular complexity index is 365. The first-order valence-electron chi connectivity index (χ1n) is 5.96. The Morgan fingerprint density at radius 1 is 1.29 bits per heavy atom.